The minimum atomic E-state index is -0.0958. The first kappa shape index (κ1) is 12.8. The smallest absolute Gasteiger partial charge is 0.241 e. The maximum Gasteiger partial charge on any atom is 0.241 e. The molecule has 2 bridgehead atoms. The van der Waals surface area contributed by atoms with Gasteiger partial charge in [-0.05, 0) is 45.2 Å². The number of nitrogens with zero attached hydrogens (tertiary/aromatic N) is 1. The number of ether oxygens (including phenoxy) is 1. The van der Waals surface area contributed by atoms with Crippen LogP contribution in [0, 0.1) is 6.92 Å². The zero-order valence-electron chi connectivity index (χ0n) is 11.8. The van der Waals surface area contributed by atoms with Gasteiger partial charge in [0.15, 0.2) is 0 Å². The lowest BCUT2D eigenvalue weighted by molar-refractivity contribution is -0.133. The van der Waals surface area contributed by atoms with E-state index < -0.39 is 0 Å². The van der Waals surface area contributed by atoms with Crippen LogP contribution in [0.2, 0.25) is 0 Å². The molecule has 1 aromatic rings. The van der Waals surface area contributed by atoms with Gasteiger partial charge in [0.1, 0.15) is 6.17 Å². The van der Waals surface area contributed by atoms with Gasteiger partial charge in [0.05, 0.1) is 24.3 Å². The summed E-state index contributed by atoms with van der Waals surface area (Å²) in [5, 5.41) is 3.45. The molecule has 3 fully saturated rings. The van der Waals surface area contributed by atoms with E-state index in [9.17, 15) is 4.79 Å². The van der Waals surface area contributed by atoms with Crippen LogP contribution in [0.3, 0.4) is 0 Å². The summed E-state index contributed by atoms with van der Waals surface area (Å²) in [4.78, 5) is 17.2. The molecule has 5 unspecified atom stereocenters. The summed E-state index contributed by atoms with van der Waals surface area (Å²) in [5.41, 5.74) is 0. The molecule has 0 radical (unpaired) electrons. The monoisotopic (exact) mass is 292 g/mol. The second-order valence-corrected chi connectivity index (χ2v) is 7.48. The maximum absolute atomic E-state index is 12.6. The van der Waals surface area contributed by atoms with Gasteiger partial charge in [-0.1, -0.05) is 0 Å². The maximum atomic E-state index is 12.6. The van der Waals surface area contributed by atoms with Crippen molar-refractivity contribution < 1.29 is 9.53 Å². The van der Waals surface area contributed by atoms with Crippen LogP contribution >= 0.6 is 11.3 Å². The van der Waals surface area contributed by atoms with Crippen molar-refractivity contribution in [2.24, 2.45) is 0 Å². The average molecular weight is 292 g/mol. The summed E-state index contributed by atoms with van der Waals surface area (Å²) in [5.74, 6) is 0.224. The SMILES string of the molecule is Cc1ccc(C2NC(C)C(=O)N2C2CC3CCC2O3)s1. The molecule has 3 aliphatic rings. The van der Waals surface area contributed by atoms with Gasteiger partial charge in [-0.25, -0.2) is 0 Å². The van der Waals surface area contributed by atoms with E-state index in [-0.39, 0.29) is 30.3 Å². The Morgan fingerprint density at radius 1 is 1.40 bits per heavy atom. The highest BCUT2D eigenvalue weighted by Crippen LogP contribution is 2.42. The minimum Gasteiger partial charge on any atom is -0.373 e. The van der Waals surface area contributed by atoms with Gasteiger partial charge in [0, 0.05) is 9.75 Å². The summed E-state index contributed by atoms with van der Waals surface area (Å²) >= 11 is 1.77. The fourth-order valence-electron chi connectivity index (χ4n) is 3.82. The Morgan fingerprint density at radius 3 is 2.85 bits per heavy atom. The van der Waals surface area contributed by atoms with Crippen LogP contribution < -0.4 is 5.32 Å². The molecule has 3 saturated heterocycles. The van der Waals surface area contributed by atoms with Crippen LogP contribution in [-0.4, -0.2) is 35.1 Å². The Bertz CT molecular complexity index is 544. The van der Waals surface area contributed by atoms with Gasteiger partial charge in [-0.15, -0.1) is 11.3 Å². The largest absolute Gasteiger partial charge is 0.373 e. The third kappa shape index (κ3) is 1.84. The topological polar surface area (TPSA) is 41.6 Å². The Hall–Kier alpha value is -0.910. The van der Waals surface area contributed by atoms with Gasteiger partial charge < -0.3 is 9.64 Å². The molecule has 5 atom stereocenters. The van der Waals surface area contributed by atoms with Gasteiger partial charge in [0.25, 0.3) is 0 Å². The molecule has 4 heterocycles. The predicted molar refractivity (Wildman–Crippen MR) is 77.5 cm³/mol. The second kappa shape index (κ2) is 4.55. The van der Waals surface area contributed by atoms with E-state index in [1.807, 2.05) is 6.92 Å². The molecule has 1 N–H and O–H groups in total. The van der Waals surface area contributed by atoms with Crippen molar-refractivity contribution in [2.45, 2.75) is 63.6 Å². The summed E-state index contributed by atoms with van der Waals surface area (Å²) in [7, 11) is 0. The Balaban J connectivity index is 1.65. The number of nitrogens with one attached hydrogen (secondary N) is 1. The van der Waals surface area contributed by atoms with E-state index >= 15 is 0 Å². The van der Waals surface area contributed by atoms with E-state index in [1.54, 1.807) is 11.3 Å². The number of fused-ring (bicyclic) bond motifs is 2. The zero-order chi connectivity index (χ0) is 13.9. The predicted octanol–water partition coefficient (Wildman–Crippen LogP) is 2.20. The molecule has 0 saturated carbocycles. The summed E-state index contributed by atoms with van der Waals surface area (Å²) in [6, 6.07) is 4.43. The highest BCUT2D eigenvalue weighted by Gasteiger charge is 2.50. The molecule has 4 rings (SSSR count). The molecule has 5 heteroatoms. The highest BCUT2D eigenvalue weighted by atomic mass is 32.1. The number of thiophene rings is 1. The van der Waals surface area contributed by atoms with E-state index in [0.29, 0.717) is 6.10 Å². The first-order valence-electron chi connectivity index (χ1n) is 7.43. The zero-order valence-corrected chi connectivity index (χ0v) is 12.7. The molecule has 0 aliphatic carbocycles. The van der Waals surface area contributed by atoms with Crippen LogP contribution in [0.15, 0.2) is 12.1 Å². The third-order valence-corrected chi connectivity index (χ3v) is 5.83. The quantitative estimate of drug-likeness (QED) is 0.908. The Kier molecular flexibility index (Phi) is 2.91. The number of carbonyl (C=O) groups excluding carboxylic acids is 1. The molecular weight excluding hydrogens is 272 g/mol. The number of amides is 1. The van der Waals surface area contributed by atoms with E-state index in [1.165, 1.54) is 9.75 Å². The van der Waals surface area contributed by atoms with Crippen molar-refractivity contribution in [3.8, 4) is 0 Å². The molecule has 1 amide bonds. The van der Waals surface area contributed by atoms with Crippen molar-refractivity contribution in [3.63, 3.8) is 0 Å². The minimum absolute atomic E-state index is 0.0316. The van der Waals surface area contributed by atoms with Crippen molar-refractivity contribution in [1.29, 1.82) is 0 Å². The lowest BCUT2D eigenvalue weighted by Crippen LogP contribution is -2.45. The fourth-order valence-corrected chi connectivity index (χ4v) is 4.75. The van der Waals surface area contributed by atoms with Crippen LogP contribution in [0.25, 0.3) is 0 Å². The number of carbonyl (C=O) groups is 1. The van der Waals surface area contributed by atoms with E-state index in [2.05, 4.69) is 29.3 Å². The average Bonchev–Trinajstić information content (AvgIpc) is 3.16. The van der Waals surface area contributed by atoms with Crippen molar-refractivity contribution in [1.82, 2.24) is 10.2 Å². The van der Waals surface area contributed by atoms with E-state index in [0.717, 1.165) is 19.3 Å². The number of aryl methyl sites for hydroxylation is 1. The van der Waals surface area contributed by atoms with E-state index in [4.69, 9.17) is 4.74 Å². The third-order valence-electron chi connectivity index (χ3n) is 4.77. The normalized spacial score (nSPS) is 40.0. The van der Waals surface area contributed by atoms with Gasteiger partial charge in [-0.2, -0.15) is 0 Å². The summed E-state index contributed by atoms with van der Waals surface area (Å²) < 4.78 is 5.95. The van der Waals surface area contributed by atoms with Crippen molar-refractivity contribution >= 4 is 17.2 Å². The lowest BCUT2D eigenvalue weighted by Gasteiger charge is -2.33. The summed E-state index contributed by atoms with van der Waals surface area (Å²) in [6.45, 7) is 4.07. The molecule has 3 aliphatic heterocycles. The molecule has 20 heavy (non-hydrogen) atoms. The summed E-state index contributed by atoms with van der Waals surface area (Å²) in [6.07, 6.45) is 3.92. The number of hydrogen-bond acceptors (Lipinski definition) is 4. The highest BCUT2D eigenvalue weighted by molar-refractivity contribution is 7.12. The second-order valence-electron chi connectivity index (χ2n) is 6.16. The van der Waals surface area contributed by atoms with Gasteiger partial charge >= 0.3 is 0 Å². The van der Waals surface area contributed by atoms with Crippen molar-refractivity contribution in [3.05, 3.63) is 21.9 Å². The molecule has 1 aromatic heterocycles. The van der Waals surface area contributed by atoms with Crippen LogP contribution in [0.4, 0.5) is 0 Å². The standard InChI is InChI=1S/C15H20N2O2S/c1-8-3-6-13(20-8)14-16-9(2)15(18)17(14)11-7-10-4-5-12(11)19-10/h3,6,9-12,14,16H,4-5,7H2,1-2H3. The Labute approximate surface area is 123 Å². The van der Waals surface area contributed by atoms with Gasteiger partial charge in [0.2, 0.25) is 5.91 Å². The first-order valence-corrected chi connectivity index (χ1v) is 8.25. The van der Waals surface area contributed by atoms with Crippen LogP contribution in [-0.2, 0) is 9.53 Å². The molecule has 4 nitrogen and oxygen atoms in total. The molecule has 0 aromatic carbocycles. The fraction of sp³-hybridized carbons (Fsp3) is 0.667. The van der Waals surface area contributed by atoms with Gasteiger partial charge in [-0.3, -0.25) is 10.1 Å². The molecular formula is C15H20N2O2S. The lowest BCUT2D eigenvalue weighted by atomic mass is 9.94. The molecule has 0 spiro atoms. The first-order chi connectivity index (χ1) is 9.63. The molecule has 108 valence electrons. The number of rotatable bonds is 2. The van der Waals surface area contributed by atoms with Crippen molar-refractivity contribution in [2.75, 3.05) is 0 Å². The van der Waals surface area contributed by atoms with Crippen LogP contribution in [0.5, 0.6) is 0 Å². The Morgan fingerprint density at radius 2 is 2.25 bits per heavy atom. The van der Waals surface area contributed by atoms with Crippen LogP contribution in [0.1, 0.15) is 42.1 Å². The number of hydrogen-bond donors (Lipinski definition) is 1.